The molecule has 2 heterocycles. The molecule has 3 heteroatoms. The van der Waals surface area contributed by atoms with E-state index < -0.39 is 0 Å². The van der Waals surface area contributed by atoms with Gasteiger partial charge in [-0.05, 0) is 42.4 Å². The van der Waals surface area contributed by atoms with E-state index in [2.05, 4.69) is 23.2 Å². The fraction of sp³-hybridized carbons (Fsp3) is 0.368. The number of hydrogen-bond donors (Lipinski definition) is 0. The Morgan fingerprint density at radius 2 is 2.05 bits per heavy atom. The molecule has 1 fully saturated rings. The van der Waals surface area contributed by atoms with Gasteiger partial charge in [-0.15, -0.1) is 0 Å². The zero-order valence-corrected chi connectivity index (χ0v) is 13.0. The molecule has 22 heavy (non-hydrogen) atoms. The van der Waals surface area contributed by atoms with E-state index >= 15 is 0 Å². The van der Waals surface area contributed by atoms with Crippen molar-refractivity contribution in [3.05, 3.63) is 54.4 Å². The molecule has 0 spiro atoms. The number of pyridine rings is 1. The first-order valence-electron chi connectivity index (χ1n) is 7.97. The number of amides is 1. The van der Waals surface area contributed by atoms with Crippen molar-refractivity contribution in [1.82, 2.24) is 9.88 Å². The second kappa shape index (κ2) is 6.73. The van der Waals surface area contributed by atoms with Gasteiger partial charge in [0.05, 0.1) is 0 Å². The van der Waals surface area contributed by atoms with Crippen molar-refractivity contribution in [2.45, 2.75) is 26.2 Å². The van der Waals surface area contributed by atoms with Crippen molar-refractivity contribution in [1.29, 1.82) is 0 Å². The first-order chi connectivity index (χ1) is 10.7. The van der Waals surface area contributed by atoms with E-state index in [0.717, 1.165) is 31.5 Å². The Bertz CT molecular complexity index is 639. The average molecular weight is 294 g/mol. The van der Waals surface area contributed by atoms with E-state index in [4.69, 9.17) is 0 Å². The Hall–Kier alpha value is -2.16. The van der Waals surface area contributed by atoms with Gasteiger partial charge in [0.1, 0.15) is 0 Å². The zero-order chi connectivity index (χ0) is 15.4. The molecule has 1 unspecified atom stereocenters. The highest BCUT2D eigenvalue weighted by atomic mass is 16.2. The number of piperidine rings is 1. The van der Waals surface area contributed by atoms with Crippen LogP contribution in [0.5, 0.6) is 0 Å². The topological polar surface area (TPSA) is 33.2 Å². The predicted molar refractivity (Wildman–Crippen MR) is 88.4 cm³/mol. The molecule has 3 rings (SSSR count). The molecule has 1 amide bonds. The average Bonchev–Trinajstić information content (AvgIpc) is 2.56. The summed E-state index contributed by atoms with van der Waals surface area (Å²) in [6.07, 6.45) is 7.17. The summed E-state index contributed by atoms with van der Waals surface area (Å²) in [4.78, 5) is 17.9. The van der Waals surface area contributed by atoms with E-state index in [-0.39, 0.29) is 5.91 Å². The molecule has 1 aromatic carbocycles. The third kappa shape index (κ3) is 3.53. The normalized spacial score (nSPS) is 18.2. The second-order valence-electron chi connectivity index (χ2n) is 6.13. The molecule has 0 N–H and O–H groups in total. The first-order valence-corrected chi connectivity index (χ1v) is 7.97. The molecule has 0 bridgehead atoms. The van der Waals surface area contributed by atoms with Gasteiger partial charge in [-0.1, -0.05) is 30.3 Å². The number of rotatable bonds is 3. The monoisotopic (exact) mass is 294 g/mol. The van der Waals surface area contributed by atoms with Crippen molar-refractivity contribution in [2.24, 2.45) is 5.92 Å². The fourth-order valence-corrected chi connectivity index (χ4v) is 3.24. The number of aromatic nitrogens is 1. The third-order valence-corrected chi connectivity index (χ3v) is 4.39. The Balaban J connectivity index is 1.72. The van der Waals surface area contributed by atoms with Gasteiger partial charge in [0, 0.05) is 38.0 Å². The van der Waals surface area contributed by atoms with E-state index in [0.29, 0.717) is 5.92 Å². The van der Waals surface area contributed by atoms with Crippen LogP contribution in [0, 0.1) is 5.92 Å². The highest BCUT2D eigenvalue weighted by Crippen LogP contribution is 2.24. The fourth-order valence-electron chi connectivity index (χ4n) is 3.24. The Labute approximate surface area is 132 Å². The van der Waals surface area contributed by atoms with Crippen molar-refractivity contribution < 1.29 is 4.79 Å². The van der Waals surface area contributed by atoms with Crippen LogP contribution in [0.15, 0.2) is 48.8 Å². The zero-order valence-electron chi connectivity index (χ0n) is 13.0. The van der Waals surface area contributed by atoms with Crippen LogP contribution in [0.25, 0.3) is 11.1 Å². The van der Waals surface area contributed by atoms with Crippen molar-refractivity contribution in [2.75, 3.05) is 13.1 Å². The van der Waals surface area contributed by atoms with Crippen LogP contribution in [0.4, 0.5) is 0 Å². The lowest BCUT2D eigenvalue weighted by molar-refractivity contribution is -0.130. The van der Waals surface area contributed by atoms with Crippen LogP contribution < -0.4 is 0 Å². The van der Waals surface area contributed by atoms with Gasteiger partial charge >= 0.3 is 0 Å². The molecule has 3 nitrogen and oxygen atoms in total. The molecule has 114 valence electrons. The standard InChI is InChI=1S/C19H22N2O/c1-15(22)21-9-5-6-16(14-21)10-17-11-19(13-20-12-17)18-7-3-2-4-8-18/h2-4,7-8,11-13,16H,5-6,9-10,14H2,1H3. The number of benzene rings is 1. The van der Waals surface area contributed by atoms with E-state index in [1.807, 2.05) is 35.5 Å². The second-order valence-corrected chi connectivity index (χ2v) is 6.13. The molecule has 0 aliphatic carbocycles. The molecule has 2 aromatic rings. The minimum absolute atomic E-state index is 0.195. The molecule has 1 aliphatic rings. The number of nitrogens with zero attached hydrogens (tertiary/aromatic N) is 2. The van der Waals surface area contributed by atoms with Gasteiger partial charge in [-0.25, -0.2) is 0 Å². The maximum atomic E-state index is 11.5. The summed E-state index contributed by atoms with van der Waals surface area (Å²) >= 11 is 0. The number of likely N-dealkylation sites (tertiary alicyclic amines) is 1. The Kier molecular flexibility index (Phi) is 4.52. The largest absolute Gasteiger partial charge is 0.343 e. The predicted octanol–water partition coefficient (Wildman–Crippen LogP) is 3.55. The third-order valence-electron chi connectivity index (χ3n) is 4.39. The van der Waals surface area contributed by atoms with E-state index in [1.54, 1.807) is 6.92 Å². The van der Waals surface area contributed by atoms with Crippen molar-refractivity contribution >= 4 is 5.91 Å². The number of hydrogen-bond acceptors (Lipinski definition) is 2. The van der Waals surface area contributed by atoms with Gasteiger partial charge in [-0.2, -0.15) is 0 Å². The van der Waals surface area contributed by atoms with Gasteiger partial charge < -0.3 is 4.90 Å². The summed E-state index contributed by atoms with van der Waals surface area (Å²) in [5.74, 6) is 0.742. The van der Waals surface area contributed by atoms with Crippen LogP contribution in [0.3, 0.4) is 0 Å². The Morgan fingerprint density at radius 3 is 2.82 bits per heavy atom. The van der Waals surface area contributed by atoms with Crippen LogP contribution in [-0.2, 0) is 11.2 Å². The Morgan fingerprint density at radius 1 is 1.23 bits per heavy atom. The van der Waals surface area contributed by atoms with Gasteiger partial charge in [0.25, 0.3) is 0 Å². The molecule has 0 saturated carbocycles. The highest BCUT2D eigenvalue weighted by Gasteiger charge is 2.21. The van der Waals surface area contributed by atoms with E-state index in [9.17, 15) is 4.79 Å². The van der Waals surface area contributed by atoms with Crippen LogP contribution in [-0.4, -0.2) is 28.9 Å². The van der Waals surface area contributed by atoms with Gasteiger partial charge in [-0.3, -0.25) is 9.78 Å². The number of carbonyl (C=O) groups excluding carboxylic acids is 1. The lowest BCUT2D eigenvalue weighted by Crippen LogP contribution is -2.39. The van der Waals surface area contributed by atoms with Gasteiger partial charge in [0.15, 0.2) is 0 Å². The molecule has 1 aliphatic heterocycles. The van der Waals surface area contributed by atoms with Crippen molar-refractivity contribution in [3.63, 3.8) is 0 Å². The molecule has 1 atom stereocenters. The smallest absolute Gasteiger partial charge is 0.219 e. The van der Waals surface area contributed by atoms with Crippen molar-refractivity contribution in [3.8, 4) is 11.1 Å². The minimum Gasteiger partial charge on any atom is -0.343 e. The lowest BCUT2D eigenvalue weighted by atomic mass is 9.91. The van der Waals surface area contributed by atoms with Crippen LogP contribution >= 0.6 is 0 Å². The highest BCUT2D eigenvalue weighted by molar-refractivity contribution is 5.73. The summed E-state index contributed by atoms with van der Waals surface area (Å²) in [6.45, 7) is 3.46. The SMILES string of the molecule is CC(=O)N1CCCC(Cc2cncc(-c3ccccc3)c2)C1. The quantitative estimate of drug-likeness (QED) is 0.867. The lowest BCUT2D eigenvalue weighted by Gasteiger charge is -2.32. The van der Waals surface area contributed by atoms with Gasteiger partial charge in [0.2, 0.25) is 5.91 Å². The number of carbonyl (C=O) groups is 1. The summed E-state index contributed by atoms with van der Waals surface area (Å²) in [5.41, 5.74) is 3.62. The first kappa shape index (κ1) is 14.8. The van der Waals surface area contributed by atoms with E-state index in [1.165, 1.54) is 17.5 Å². The molecule has 1 saturated heterocycles. The minimum atomic E-state index is 0.195. The summed E-state index contributed by atoms with van der Waals surface area (Å²) in [7, 11) is 0. The summed E-state index contributed by atoms with van der Waals surface area (Å²) in [6, 6.07) is 12.6. The molecule has 0 radical (unpaired) electrons. The van der Waals surface area contributed by atoms with Crippen LogP contribution in [0.1, 0.15) is 25.3 Å². The summed E-state index contributed by atoms with van der Waals surface area (Å²) in [5, 5.41) is 0. The maximum absolute atomic E-state index is 11.5. The maximum Gasteiger partial charge on any atom is 0.219 e. The van der Waals surface area contributed by atoms with Crippen LogP contribution in [0.2, 0.25) is 0 Å². The molecular weight excluding hydrogens is 272 g/mol. The molecule has 1 aromatic heterocycles. The summed E-state index contributed by atoms with van der Waals surface area (Å²) < 4.78 is 0. The molecular formula is C19H22N2O.